The first-order chi connectivity index (χ1) is 11.0. The highest BCUT2D eigenvalue weighted by Crippen LogP contribution is 2.20. The summed E-state index contributed by atoms with van der Waals surface area (Å²) in [5.74, 6) is -1.53. The number of hydrazine groups is 1. The van der Waals surface area contributed by atoms with Crippen molar-refractivity contribution in [1.29, 1.82) is 0 Å². The average molecular weight is 357 g/mol. The molecule has 0 spiro atoms. The van der Waals surface area contributed by atoms with Crippen LogP contribution in [0, 0.1) is 5.82 Å². The Kier molecular flexibility index (Phi) is 5.78. The molecule has 0 fully saturated rings. The van der Waals surface area contributed by atoms with Crippen LogP contribution in [0.25, 0.3) is 0 Å². The fourth-order valence-electron chi connectivity index (χ4n) is 1.59. The first-order valence-electron chi connectivity index (χ1n) is 6.39. The second-order valence-electron chi connectivity index (χ2n) is 4.35. The van der Waals surface area contributed by atoms with Gasteiger partial charge in [-0.25, -0.2) is 4.39 Å². The molecule has 2 rings (SSSR count). The molecule has 0 atom stereocenters. The third kappa shape index (κ3) is 4.84. The Balaban J connectivity index is 1.82. The van der Waals surface area contributed by atoms with E-state index in [1.54, 1.807) is 18.2 Å². The van der Waals surface area contributed by atoms with Crippen molar-refractivity contribution in [3.8, 4) is 5.75 Å². The van der Waals surface area contributed by atoms with Gasteiger partial charge in [0.15, 0.2) is 6.61 Å². The van der Waals surface area contributed by atoms with Crippen LogP contribution in [-0.4, -0.2) is 18.4 Å². The molecule has 2 amide bonds. The molecule has 2 aromatic rings. The quantitative estimate of drug-likeness (QED) is 0.827. The number of hydrogen-bond acceptors (Lipinski definition) is 3. The van der Waals surface area contributed by atoms with Gasteiger partial charge in [-0.15, -0.1) is 0 Å². The van der Waals surface area contributed by atoms with Crippen molar-refractivity contribution in [3.05, 3.63) is 63.9 Å². The van der Waals surface area contributed by atoms with Crippen molar-refractivity contribution < 1.29 is 18.7 Å². The van der Waals surface area contributed by atoms with Gasteiger partial charge in [0.2, 0.25) is 0 Å². The number of halogens is 3. The van der Waals surface area contributed by atoms with Gasteiger partial charge in [0, 0.05) is 6.07 Å². The second kappa shape index (κ2) is 7.80. The van der Waals surface area contributed by atoms with E-state index < -0.39 is 17.6 Å². The average Bonchev–Trinajstić information content (AvgIpc) is 2.54. The summed E-state index contributed by atoms with van der Waals surface area (Å²) >= 11 is 11.5. The second-order valence-corrected chi connectivity index (χ2v) is 5.16. The molecule has 0 aliphatic carbocycles. The maximum absolute atomic E-state index is 13.0. The maximum atomic E-state index is 13.0. The fraction of sp³-hybridized carbons (Fsp3) is 0.0667. The van der Waals surface area contributed by atoms with Crippen LogP contribution in [0.1, 0.15) is 10.4 Å². The number of nitrogens with one attached hydrogen (secondary N) is 2. The molecule has 0 aliphatic rings. The molecular formula is C15H11Cl2FN2O3. The first-order valence-corrected chi connectivity index (χ1v) is 7.14. The van der Waals surface area contributed by atoms with Gasteiger partial charge in [0.25, 0.3) is 11.8 Å². The van der Waals surface area contributed by atoms with Crippen LogP contribution in [0.2, 0.25) is 10.0 Å². The zero-order chi connectivity index (χ0) is 16.8. The zero-order valence-corrected chi connectivity index (χ0v) is 13.1. The van der Waals surface area contributed by atoms with Crippen LogP contribution >= 0.6 is 23.2 Å². The van der Waals surface area contributed by atoms with Gasteiger partial charge in [-0.2, -0.15) is 0 Å². The SMILES string of the molecule is O=C(COc1ccc(F)c(Cl)c1)NNC(=O)c1ccccc1Cl. The van der Waals surface area contributed by atoms with Crippen LogP contribution in [0.5, 0.6) is 5.75 Å². The molecule has 120 valence electrons. The number of amides is 2. The van der Waals surface area contributed by atoms with E-state index in [0.717, 1.165) is 6.07 Å². The summed E-state index contributed by atoms with van der Waals surface area (Å²) < 4.78 is 18.1. The monoisotopic (exact) mass is 356 g/mol. The van der Waals surface area contributed by atoms with Gasteiger partial charge in [0.1, 0.15) is 11.6 Å². The minimum atomic E-state index is -0.606. The summed E-state index contributed by atoms with van der Waals surface area (Å²) in [6.07, 6.45) is 0. The van der Waals surface area contributed by atoms with Crippen molar-refractivity contribution in [1.82, 2.24) is 10.9 Å². The number of benzene rings is 2. The first kappa shape index (κ1) is 17.1. The smallest absolute Gasteiger partial charge is 0.276 e. The molecule has 2 aromatic carbocycles. The van der Waals surface area contributed by atoms with Gasteiger partial charge in [0.05, 0.1) is 15.6 Å². The molecule has 0 saturated carbocycles. The number of ether oxygens (including phenoxy) is 1. The number of carbonyl (C=O) groups excluding carboxylic acids is 2. The molecule has 0 aromatic heterocycles. The van der Waals surface area contributed by atoms with Crippen LogP contribution in [0.3, 0.4) is 0 Å². The lowest BCUT2D eigenvalue weighted by atomic mass is 10.2. The highest BCUT2D eigenvalue weighted by molar-refractivity contribution is 6.33. The lowest BCUT2D eigenvalue weighted by Crippen LogP contribution is -2.43. The Labute approximate surface area is 141 Å². The predicted octanol–water partition coefficient (Wildman–Crippen LogP) is 2.97. The fourth-order valence-corrected chi connectivity index (χ4v) is 1.98. The Bertz CT molecular complexity index is 740. The molecule has 0 bridgehead atoms. The van der Waals surface area contributed by atoms with E-state index in [2.05, 4.69) is 10.9 Å². The summed E-state index contributed by atoms with van der Waals surface area (Å²) in [6, 6.07) is 10.1. The normalized spacial score (nSPS) is 10.0. The molecule has 23 heavy (non-hydrogen) atoms. The molecule has 0 saturated heterocycles. The minimum Gasteiger partial charge on any atom is -0.484 e. The van der Waals surface area contributed by atoms with Crippen LogP contribution in [-0.2, 0) is 4.79 Å². The molecule has 0 unspecified atom stereocenters. The van der Waals surface area contributed by atoms with E-state index >= 15 is 0 Å². The Morgan fingerprint density at radius 1 is 1.04 bits per heavy atom. The van der Waals surface area contributed by atoms with Gasteiger partial charge in [-0.3, -0.25) is 20.4 Å². The summed E-state index contributed by atoms with van der Waals surface area (Å²) in [4.78, 5) is 23.4. The highest BCUT2D eigenvalue weighted by atomic mass is 35.5. The minimum absolute atomic E-state index is 0.116. The predicted molar refractivity (Wildman–Crippen MR) is 84.0 cm³/mol. The van der Waals surface area contributed by atoms with Crippen molar-refractivity contribution in [2.45, 2.75) is 0 Å². The Morgan fingerprint density at radius 3 is 2.48 bits per heavy atom. The summed E-state index contributed by atoms with van der Waals surface area (Å²) in [6.45, 7) is -0.384. The van der Waals surface area contributed by atoms with E-state index in [-0.39, 0.29) is 28.0 Å². The maximum Gasteiger partial charge on any atom is 0.276 e. The van der Waals surface area contributed by atoms with E-state index in [0.29, 0.717) is 0 Å². The lowest BCUT2D eigenvalue weighted by Gasteiger charge is -2.09. The van der Waals surface area contributed by atoms with E-state index in [4.69, 9.17) is 27.9 Å². The standard InChI is InChI=1S/C15H11Cl2FN2O3/c16-11-4-2-1-3-10(11)15(22)20-19-14(21)8-23-9-5-6-13(18)12(17)7-9/h1-7H,8H2,(H,19,21)(H,20,22). The Morgan fingerprint density at radius 2 is 1.78 bits per heavy atom. The summed E-state index contributed by atoms with van der Waals surface area (Å²) in [5, 5.41) is 0.145. The van der Waals surface area contributed by atoms with Crippen LogP contribution in [0.4, 0.5) is 4.39 Å². The van der Waals surface area contributed by atoms with Crippen molar-refractivity contribution >= 4 is 35.0 Å². The van der Waals surface area contributed by atoms with Gasteiger partial charge in [-0.1, -0.05) is 35.3 Å². The van der Waals surface area contributed by atoms with Crippen LogP contribution < -0.4 is 15.6 Å². The topological polar surface area (TPSA) is 67.4 Å². The molecule has 5 nitrogen and oxygen atoms in total. The third-order valence-electron chi connectivity index (χ3n) is 2.69. The van der Waals surface area contributed by atoms with Crippen molar-refractivity contribution in [2.24, 2.45) is 0 Å². The largest absolute Gasteiger partial charge is 0.484 e. The molecule has 0 heterocycles. The van der Waals surface area contributed by atoms with Crippen molar-refractivity contribution in [2.75, 3.05) is 6.61 Å². The molecule has 8 heteroatoms. The van der Waals surface area contributed by atoms with E-state index in [9.17, 15) is 14.0 Å². The molecular weight excluding hydrogens is 346 g/mol. The number of hydrogen-bond donors (Lipinski definition) is 2. The van der Waals surface area contributed by atoms with E-state index in [1.165, 1.54) is 18.2 Å². The number of carbonyl (C=O) groups is 2. The highest BCUT2D eigenvalue weighted by Gasteiger charge is 2.11. The molecule has 2 N–H and O–H groups in total. The molecule has 0 radical (unpaired) electrons. The number of rotatable bonds is 4. The van der Waals surface area contributed by atoms with Gasteiger partial charge >= 0.3 is 0 Å². The molecule has 0 aliphatic heterocycles. The van der Waals surface area contributed by atoms with Gasteiger partial charge < -0.3 is 4.74 Å². The zero-order valence-electron chi connectivity index (χ0n) is 11.6. The van der Waals surface area contributed by atoms with Gasteiger partial charge in [-0.05, 0) is 24.3 Å². The summed E-state index contributed by atoms with van der Waals surface area (Å²) in [5.41, 5.74) is 4.61. The Hall–Kier alpha value is -2.31. The third-order valence-corrected chi connectivity index (χ3v) is 3.31. The summed E-state index contributed by atoms with van der Waals surface area (Å²) in [7, 11) is 0. The lowest BCUT2D eigenvalue weighted by molar-refractivity contribution is -0.123. The van der Waals surface area contributed by atoms with E-state index in [1.807, 2.05) is 0 Å². The van der Waals surface area contributed by atoms with Crippen LogP contribution in [0.15, 0.2) is 42.5 Å². The van der Waals surface area contributed by atoms with Crippen molar-refractivity contribution in [3.63, 3.8) is 0 Å².